The highest BCUT2D eigenvalue weighted by atomic mass is 127. The minimum atomic E-state index is -0.976. The summed E-state index contributed by atoms with van der Waals surface area (Å²) in [7, 11) is 0. The molecule has 5 nitrogen and oxygen atoms in total. The molecule has 0 saturated carbocycles. The minimum absolute atomic E-state index is 0.129. The van der Waals surface area contributed by atoms with Gasteiger partial charge in [-0.2, -0.15) is 0 Å². The van der Waals surface area contributed by atoms with Crippen molar-refractivity contribution in [2.45, 2.75) is 12.1 Å². The van der Waals surface area contributed by atoms with Crippen LogP contribution in [0.4, 0.5) is 4.79 Å². The first-order valence-electron chi connectivity index (χ1n) is 7.97. The Kier molecular flexibility index (Phi) is 5.70. The van der Waals surface area contributed by atoms with Crippen LogP contribution in [-0.4, -0.2) is 33.0 Å². The van der Waals surface area contributed by atoms with Gasteiger partial charge in [-0.1, -0.05) is 83.3 Å². The molecule has 1 saturated heterocycles. The molecule has 6 heteroatoms. The minimum Gasteiger partial charge on any atom is -0.446 e. The molecule has 0 radical (unpaired) electrons. The Bertz CT molecular complexity index is 738. The Hall–Kier alpha value is -1.93. The number of alkyl halides is 1. The Morgan fingerprint density at radius 2 is 1.76 bits per heavy atom. The average Bonchev–Trinajstić information content (AvgIpc) is 3.05. The van der Waals surface area contributed by atoms with Gasteiger partial charge in [-0.05, 0) is 11.1 Å². The number of hydrogen-bond acceptors (Lipinski definition) is 4. The molecule has 0 aliphatic carbocycles. The van der Waals surface area contributed by atoms with Crippen LogP contribution in [0.1, 0.15) is 23.3 Å². The van der Waals surface area contributed by atoms with Gasteiger partial charge in [0.2, 0.25) is 5.91 Å². The maximum atomic E-state index is 13.0. The first-order chi connectivity index (χ1) is 12.1. The zero-order chi connectivity index (χ0) is 17.8. The van der Waals surface area contributed by atoms with Gasteiger partial charge in [0.1, 0.15) is 12.6 Å². The standard InChI is InChI=1S/C19H18INO4/c20-11-15(17(22)14-9-5-2-6-10-14)18(23)21-16(12-25-19(21)24)13-7-3-1-4-8-13/h1-10,15-17,22H,11-12H2/t15-,16-,17-/m0/s1. The van der Waals surface area contributed by atoms with E-state index in [9.17, 15) is 14.7 Å². The lowest BCUT2D eigenvalue weighted by Crippen LogP contribution is -2.41. The van der Waals surface area contributed by atoms with E-state index in [1.54, 1.807) is 12.1 Å². The summed E-state index contributed by atoms with van der Waals surface area (Å²) in [6, 6.07) is 17.9. The third-order valence-electron chi connectivity index (χ3n) is 4.30. The largest absolute Gasteiger partial charge is 0.446 e. The van der Waals surface area contributed by atoms with Crippen molar-refractivity contribution in [3.05, 3.63) is 71.8 Å². The molecule has 1 aliphatic rings. The smallest absolute Gasteiger partial charge is 0.417 e. The second-order valence-electron chi connectivity index (χ2n) is 5.83. The average molecular weight is 451 g/mol. The normalized spacial score (nSPS) is 19.4. The van der Waals surface area contributed by atoms with Crippen molar-refractivity contribution in [2.75, 3.05) is 11.0 Å². The number of aliphatic hydroxyl groups is 1. The Balaban J connectivity index is 1.87. The number of nitrogens with zero attached hydrogens (tertiary/aromatic N) is 1. The topological polar surface area (TPSA) is 66.8 Å². The van der Waals surface area contributed by atoms with Gasteiger partial charge in [0.15, 0.2) is 0 Å². The van der Waals surface area contributed by atoms with E-state index in [1.807, 2.05) is 48.5 Å². The Morgan fingerprint density at radius 1 is 1.16 bits per heavy atom. The molecule has 0 bridgehead atoms. The van der Waals surface area contributed by atoms with Crippen LogP contribution in [0.2, 0.25) is 0 Å². The molecule has 0 spiro atoms. The monoisotopic (exact) mass is 451 g/mol. The van der Waals surface area contributed by atoms with Gasteiger partial charge < -0.3 is 9.84 Å². The maximum absolute atomic E-state index is 13.0. The van der Waals surface area contributed by atoms with Crippen LogP contribution in [0.25, 0.3) is 0 Å². The van der Waals surface area contributed by atoms with Crippen molar-refractivity contribution in [1.29, 1.82) is 0 Å². The van der Waals surface area contributed by atoms with Crippen LogP contribution < -0.4 is 0 Å². The molecule has 1 heterocycles. The number of rotatable bonds is 5. The number of hydrogen-bond donors (Lipinski definition) is 1. The summed E-state index contributed by atoms with van der Waals surface area (Å²) in [5, 5.41) is 10.6. The number of carbonyl (C=O) groups is 2. The van der Waals surface area contributed by atoms with Gasteiger partial charge in [-0.25, -0.2) is 9.69 Å². The first kappa shape index (κ1) is 17.9. The highest BCUT2D eigenvalue weighted by Crippen LogP contribution is 2.33. The van der Waals surface area contributed by atoms with Crippen molar-refractivity contribution in [2.24, 2.45) is 5.92 Å². The number of amides is 2. The van der Waals surface area contributed by atoms with Gasteiger partial charge in [0, 0.05) is 4.43 Å². The number of ether oxygens (including phenoxy) is 1. The van der Waals surface area contributed by atoms with E-state index in [0.717, 1.165) is 10.5 Å². The van der Waals surface area contributed by atoms with Gasteiger partial charge in [0.05, 0.1) is 12.0 Å². The molecule has 3 atom stereocenters. The Morgan fingerprint density at radius 3 is 2.36 bits per heavy atom. The third-order valence-corrected chi connectivity index (χ3v) is 5.25. The SMILES string of the molecule is O=C1OC[C@@H](c2ccccc2)N1C(=O)[C@@H](CI)[C@@H](O)c1ccccc1. The molecule has 1 N–H and O–H groups in total. The van der Waals surface area contributed by atoms with E-state index in [0.29, 0.717) is 9.99 Å². The molecule has 3 rings (SSSR count). The molecule has 0 aromatic heterocycles. The second-order valence-corrected chi connectivity index (χ2v) is 6.71. The zero-order valence-corrected chi connectivity index (χ0v) is 15.6. The summed E-state index contributed by atoms with van der Waals surface area (Å²) in [5.74, 6) is -1.14. The van der Waals surface area contributed by atoms with Gasteiger partial charge in [0.25, 0.3) is 0 Å². The van der Waals surface area contributed by atoms with Crippen molar-refractivity contribution >= 4 is 34.6 Å². The lowest BCUT2D eigenvalue weighted by Gasteiger charge is -2.27. The predicted octanol–water partition coefficient (Wildman–Crippen LogP) is 3.49. The summed E-state index contributed by atoms with van der Waals surface area (Å²) in [6.45, 7) is 0.129. The predicted molar refractivity (Wildman–Crippen MR) is 101 cm³/mol. The molecular weight excluding hydrogens is 433 g/mol. The molecule has 2 amide bonds. The fourth-order valence-electron chi connectivity index (χ4n) is 2.93. The lowest BCUT2D eigenvalue weighted by molar-refractivity contribution is -0.136. The fourth-order valence-corrected chi connectivity index (χ4v) is 3.79. The van der Waals surface area contributed by atoms with Crippen LogP contribution >= 0.6 is 22.6 Å². The highest BCUT2D eigenvalue weighted by Gasteiger charge is 2.43. The molecule has 2 aromatic rings. The van der Waals surface area contributed by atoms with Crippen molar-refractivity contribution in [1.82, 2.24) is 4.90 Å². The van der Waals surface area contributed by atoms with Crippen LogP contribution in [0.15, 0.2) is 60.7 Å². The molecule has 2 aromatic carbocycles. The fraction of sp³-hybridized carbons (Fsp3) is 0.263. The third kappa shape index (κ3) is 3.69. The summed E-state index contributed by atoms with van der Waals surface area (Å²) in [5.41, 5.74) is 1.49. The highest BCUT2D eigenvalue weighted by molar-refractivity contribution is 14.1. The quantitative estimate of drug-likeness (QED) is 0.559. The summed E-state index contributed by atoms with van der Waals surface area (Å²) in [6.07, 6.45) is -1.63. The molecule has 0 unspecified atom stereocenters. The van der Waals surface area contributed by atoms with Gasteiger partial charge in [-0.3, -0.25) is 4.79 Å². The summed E-state index contributed by atoms with van der Waals surface area (Å²) >= 11 is 2.06. The zero-order valence-electron chi connectivity index (χ0n) is 13.4. The van der Waals surface area contributed by atoms with Crippen LogP contribution in [0.3, 0.4) is 0 Å². The number of benzene rings is 2. The van der Waals surface area contributed by atoms with Gasteiger partial charge in [-0.15, -0.1) is 0 Å². The number of cyclic esters (lactones) is 1. The van der Waals surface area contributed by atoms with E-state index in [2.05, 4.69) is 22.6 Å². The molecular formula is C19H18INO4. The van der Waals surface area contributed by atoms with E-state index < -0.39 is 30.1 Å². The second kappa shape index (κ2) is 7.97. The van der Waals surface area contributed by atoms with E-state index >= 15 is 0 Å². The lowest BCUT2D eigenvalue weighted by atomic mass is 9.95. The molecule has 130 valence electrons. The molecule has 1 aliphatic heterocycles. The number of aliphatic hydroxyl groups excluding tert-OH is 1. The number of halogens is 1. The number of carbonyl (C=O) groups excluding carboxylic acids is 2. The molecule has 25 heavy (non-hydrogen) atoms. The van der Waals surface area contributed by atoms with Crippen molar-refractivity contribution < 1.29 is 19.4 Å². The summed E-state index contributed by atoms with van der Waals surface area (Å²) < 4.78 is 5.50. The summed E-state index contributed by atoms with van der Waals surface area (Å²) in [4.78, 5) is 26.4. The van der Waals surface area contributed by atoms with Gasteiger partial charge >= 0.3 is 6.09 Å². The van der Waals surface area contributed by atoms with Crippen LogP contribution in [0.5, 0.6) is 0 Å². The number of imide groups is 1. The van der Waals surface area contributed by atoms with E-state index in [4.69, 9.17) is 4.74 Å². The van der Waals surface area contributed by atoms with Crippen molar-refractivity contribution in [3.8, 4) is 0 Å². The van der Waals surface area contributed by atoms with Crippen LogP contribution in [-0.2, 0) is 9.53 Å². The maximum Gasteiger partial charge on any atom is 0.417 e. The molecule has 1 fully saturated rings. The van der Waals surface area contributed by atoms with E-state index in [1.165, 1.54) is 0 Å². The first-order valence-corrected chi connectivity index (χ1v) is 9.49. The van der Waals surface area contributed by atoms with Crippen LogP contribution in [0, 0.1) is 5.92 Å². The Labute approximate surface area is 159 Å². The van der Waals surface area contributed by atoms with E-state index in [-0.39, 0.29) is 6.61 Å². The van der Waals surface area contributed by atoms with Crippen molar-refractivity contribution in [3.63, 3.8) is 0 Å².